The van der Waals surface area contributed by atoms with Gasteiger partial charge in [0.05, 0.1) is 6.04 Å². The lowest BCUT2D eigenvalue weighted by Crippen LogP contribution is -2.48. The average Bonchev–Trinajstić information content (AvgIpc) is 2.74. The highest BCUT2D eigenvalue weighted by Gasteiger charge is 2.25. The second kappa shape index (κ2) is 8.13. The molecule has 3 heterocycles. The number of hydrogen-bond donors (Lipinski definition) is 2. The number of nitrogen functional groups attached to an aromatic ring is 1. The predicted octanol–water partition coefficient (Wildman–Crippen LogP) is 1.87. The summed E-state index contributed by atoms with van der Waals surface area (Å²) in [5, 5.41) is 3.19. The van der Waals surface area contributed by atoms with E-state index in [1.54, 1.807) is 12.4 Å². The Morgan fingerprint density at radius 3 is 2.36 bits per heavy atom. The van der Waals surface area contributed by atoms with Gasteiger partial charge in [0.1, 0.15) is 0 Å². The summed E-state index contributed by atoms with van der Waals surface area (Å²) in [5.41, 5.74) is 6.84. The summed E-state index contributed by atoms with van der Waals surface area (Å²) in [6, 6.07) is 11.6. The van der Waals surface area contributed by atoms with Gasteiger partial charge in [0.15, 0.2) is 5.82 Å². The number of rotatable bonds is 5. The van der Waals surface area contributed by atoms with Crippen LogP contribution in [0.4, 0.5) is 23.5 Å². The molecule has 9 nitrogen and oxygen atoms in total. The van der Waals surface area contributed by atoms with Gasteiger partial charge in [-0.1, -0.05) is 18.2 Å². The Labute approximate surface area is 163 Å². The molecule has 4 rings (SSSR count). The van der Waals surface area contributed by atoms with Gasteiger partial charge in [-0.05, 0) is 25.1 Å². The van der Waals surface area contributed by atoms with Crippen molar-refractivity contribution in [3.63, 3.8) is 0 Å². The molecule has 3 N–H and O–H groups in total. The van der Waals surface area contributed by atoms with Gasteiger partial charge in [0, 0.05) is 44.3 Å². The molecule has 1 fully saturated rings. The molecule has 28 heavy (non-hydrogen) atoms. The van der Waals surface area contributed by atoms with Gasteiger partial charge in [-0.15, -0.1) is 0 Å². The maximum absolute atomic E-state index is 5.93. The van der Waals surface area contributed by atoms with Crippen LogP contribution in [0.25, 0.3) is 0 Å². The third-order valence-corrected chi connectivity index (χ3v) is 4.77. The largest absolute Gasteiger partial charge is 0.368 e. The van der Waals surface area contributed by atoms with Gasteiger partial charge >= 0.3 is 0 Å². The fraction of sp³-hybridized carbons (Fsp3) is 0.316. The highest BCUT2D eigenvalue weighted by atomic mass is 15.3. The van der Waals surface area contributed by atoms with Crippen LogP contribution in [0.2, 0.25) is 0 Å². The summed E-state index contributed by atoms with van der Waals surface area (Å²) in [7, 11) is 0. The zero-order chi connectivity index (χ0) is 19.3. The van der Waals surface area contributed by atoms with Crippen LogP contribution in [0.5, 0.6) is 0 Å². The number of hydrogen-bond acceptors (Lipinski definition) is 9. The third-order valence-electron chi connectivity index (χ3n) is 4.77. The lowest BCUT2D eigenvalue weighted by Gasteiger charge is -2.37. The van der Waals surface area contributed by atoms with Crippen LogP contribution >= 0.6 is 0 Å². The molecule has 0 radical (unpaired) electrons. The Morgan fingerprint density at radius 2 is 1.64 bits per heavy atom. The zero-order valence-corrected chi connectivity index (χ0v) is 15.7. The highest BCUT2D eigenvalue weighted by Crippen LogP contribution is 2.22. The van der Waals surface area contributed by atoms with Crippen LogP contribution in [0.1, 0.15) is 18.8 Å². The first-order valence-corrected chi connectivity index (χ1v) is 9.28. The molecular weight excluding hydrogens is 354 g/mol. The van der Waals surface area contributed by atoms with E-state index in [0.717, 1.165) is 37.8 Å². The fourth-order valence-corrected chi connectivity index (χ4v) is 3.23. The lowest BCUT2D eigenvalue weighted by molar-refractivity contribution is 0.191. The first-order valence-electron chi connectivity index (χ1n) is 9.28. The van der Waals surface area contributed by atoms with Crippen LogP contribution in [-0.2, 0) is 0 Å². The molecular formula is C19H23N9. The third kappa shape index (κ3) is 4.15. The number of nitrogens with zero attached hydrogens (tertiary/aromatic N) is 7. The molecule has 1 unspecified atom stereocenters. The van der Waals surface area contributed by atoms with Crippen molar-refractivity contribution in [1.82, 2.24) is 29.8 Å². The standard InChI is InChI=1S/C19H23N9/c1-14(27-10-12-28(13-11-27)19-21-8-5-9-22-19)16-24-17(20)26-18(25-16)23-15-6-3-2-4-7-15/h2-9,14H,10-13H2,1H3,(H3,20,23,24,25,26). The first kappa shape index (κ1) is 18.1. The van der Waals surface area contributed by atoms with E-state index in [2.05, 4.69) is 47.0 Å². The molecule has 0 spiro atoms. The molecule has 1 aromatic carbocycles. The van der Waals surface area contributed by atoms with E-state index in [1.165, 1.54) is 0 Å². The molecule has 0 saturated carbocycles. The molecule has 9 heteroatoms. The number of aromatic nitrogens is 5. The van der Waals surface area contributed by atoms with Crippen LogP contribution in [-0.4, -0.2) is 56.0 Å². The molecule has 144 valence electrons. The Bertz CT molecular complexity index is 896. The number of nitrogens with one attached hydrogen (secondary N) is 1. The normalized spacial score (nSPS) is 16.0. The van der Waals surface area contributed by atoms with Crippen LogP contribution in [0, 0.1) is 0 Å². The van der Waals surface area contributed by atoms with E-state index in [1.807, 2.05) is 36.4 Å². The monoisotopic (exact) mass is 377 g/mol. The van der Waals surface area contributed by atoms with Gasteiger partial charge < -0.3 is 16.0 Å². The smallest absolute Gasteiger partial charge is 0.232 e. The van der Waals surface area contributed by atoms with Crippen LogP contribution < -0.4 is 16.0 Å². The van der Waals surface area contributed by atoms with E-state index in [-0.39, 0.29) is 12.0 Å². The Balaban J connectivity index is 1.44. The topological polar surface area (TPSA) is 109 Å². The minimum absolute atomic E-state index is 0.0282. The van der Waals surface area contributed by atoms with Gasteiger partial charge in [0.25, 0.3) is 0 Å². The van der Waals surface area contributed by atoms with Crippen molar-refractivity contribution in [1.29, 1.82) is 0 Å². The second-order valence-corrected chi connectivity index (χ2v) is 6.61. The molecule has 1 aliphatic heterocycles. The molecule has 0 aliphatic carbocycles. The van der Waals surface area contributed by atoms with E-state index in [0.29, 0.717) is 11.8 Å². The van der Waals surface area contributed by atoms with E-state index >= 15 is 0 Å². The van der Waals surface area contributed by atoms with Gasteiger partial charge in [-0.25, -0.2) is 9.97 Å². The average molecular weight is 377 g/mol. The fourth-order valence-electron chi connectivity index (χ4n) is 3.23. The minimum atomic E-state index is 0.0282. The molecule has 2 aromatic heterocycles. The maximum atomic E-state index is 5.93. The Hall–Kier alpha value is -3.33. The second-order valence-electron chi connectivity index (χ2n) is 6.61. The Morgan fingerprint density at radius 1 is 0.929 bits per heavy atom. The lowest BCUT2D eigenvalue weighted by atomic mass is 10.2. The minimum Gasteiger partial charge on any atom is -0.368 e. The van der Waals surface area contributed by atoms with Gasteiger partial charge in [0.2, 0.25) is 17.8 Å². The van der Waals surface area contributed by atoms with Gasteiger partial charge in [-0.3, -0.25) is 4.90 Å². The SMILES string of the molecule is CC(c1nc(N)nc(Nc2ccccc2)n1)N1CCN(c2ncccn2)CC1. The summed E-state index contributed by atoms with van der Waals surface area (Å²) in [4.78, 5) is 26.3. The molecule has 1 atom stereocenters. The van der Waals surface area contributed by atoms with Gasteiger partial charge in [-0.2, -0.15) is 15.0 Å². The van der Waals surface area contributed by atoms with Crippen molar-refractivity contribution in [3.05, 3.63) is 54.6 Å². The van der Waals surface area contributed by atoms with Crippen molar-refractivity contribution >= 4 is 23.5 Å². The molecule has 1 aliphatic rings. The molecule has 3 aromatic rings. The van der Waals surface area contributed by atoms with Crippen molar-refractivity contribution in [3.8, 4) is 0 Å². The number of piperazine rings is 1. The van der Waals surface area contributed by atoms with E-state index in [4.69, 9.17) is 5.73 Å². The van der Waals surface area contributed by atoms with Crippen LogP contribution in [0.3, 0.4) is 0 Å². The summed E-state index contributed by atoms with van der Waals surface area (Å²) in [5.74, 6) is 2.10. The molecule has 0 bridgehead atoms. The maximum Gasteiger partial charge on any atom is 0.232 e. The zero-order valence-electron chi connectivity index (χ0n) is 15.7. The van der Waals surface area contributed by atoms with Crippen LogP contribution in [0.15, 0.2) is 48.8 Å². The molecule has 0 amide bonds. The Kier molecular flexibility index (Phi) is 5.24. The van der Waals surface area contributed by atoms with E-state index < -0.39 is 0 Å². The summed E-state index contributed by atoms with van der Waals surface area (Å²) in [6.45, 7) is 5.53. The number of para-hydroxylation sites is 1. The predicted molar refractivity (Wildman–Crippen MR) is 108 cm³/mol. The molecule has 1 saturated heterocycles. The number of nitrogens with two attached hydrogens (primary N) is 1. The summed E-state index contributed by atoms with van der Waals surface area (Å²) in [6.07, 6.45) is 3.54. The van der Waals surface area contributed by atoms with E-state index in [9.17, 15) is 0 Å². The van der Waals surface area contributed by atoms with Crippen molar-refractivity contribution < 1.29 is 0 Å². The number of benzene rings is 1. The summed E-state index contributed by atoms with van der Waals surface area (Å²) >= 11 is 0. The highest BCUT2D eigenvalue weighted by molar-refractivity contribution is 5.53. The summed E-state index contributed by atoms with van der Waals surface area (Å²) < 4.78 is 0. The van der Waals surface area contributed by atoms with Crippen molar-refractivity contribution in [2.24, 2.45) is 0 Å². The number of anilines is 4. The quantitative estimate of drug-likeness (QED) is 0.688. The van der Waals surface area contributed by atoms with Crippen molar-refractivity contribution in [2.75, 3.05) is 42.1 Å². The first-order chi connectivity index (χ1) is 13.7. The van der Waals surface area contributed by atoms with Crippen molar-refractivity contribution in [2.45, 2.75) is 13.0 Å².